The molecule has 0 atom stereocenters. The number of nitrogens with two attached hydrogens (primary N) is 1. The Labute approximate surface area is 112 Å². The zero-order valence-electron chi connectivity index (χ0n) is 11.6. The van der Waals surface area contributed by atoms with E-state index in [4.69, 9.17) is 19.6 Å². The van der Waals surface area contributed by atoms with E-state index in [1.54, 1.807) is 19.2 Å². The zero-order chi connectivity index (χ0) is 13.9. The average Bonchev–Trinajstić information content (AvgIpc) is 2.76. The first kappa shape index (κ1) is 13.8. The first-order valence-electron chi connectivity index (χ1n) is 6.28. The molecule has 0 aliphatic rings. The van der Waals surface area contributed by atoms with Crippen LogP contribution in [0.3, 0.4) is 0 Å². The second kappa shape index (κ2) is 5.59. The molecule has 0 spiro atoms. The predicted molar refractivity (Wildman–Crippen MR) is 73.8 cm³/mol. The van der Waals surface area contributed by atoms with Crippen LogP contribution in [0.25, 0.3) is 11.1 Å². The maximum Gasteiger partial charge on any atom is 0.221 e. The molecule has 1 aromatic carbocycles. The maximum absolute atomic E-state index is 5.69. The van der Waals surface area contributed by atoms with Crippen LogP contribution in [-0.2, 0) is 16.1 Å². The zero-order valence-corrected chi connectivity index (χ0v) is 11.6. The lowest BCUT2D eigenvalue weighted by Gasteiger charge is -2.22. The summed E-state index contributed by atoms with van der Waals surface area (Å²) in [7, 11) is 1.70. The van der Waals surface area contributed by atoms with E-state index in [9.17, 15) is 0 Å². The third-order valence-electron chi connectivity index (χ3n) is 3.08. The monoisotopic (exact) mass is 264 g/mol. The van der Waals surface area contributed by atoms with Crippen molar-refractivity contribution in [3.05, 3.63) is 24.1 Å². The van der Waals surface area contributed by atoms with Crippen molar-refractivity contribution < 1.29 is 13.9 Å². The number of benzene rings is 1. The second-order valence-electron chi connectivity index (χ2n) is 5.10. The summed E-state index contributed by atoms with van der Waals surface area (Å²) < 4.78 is 16.4. The molecule has 5 heteroatoms. The van der Waals surface area contributed by atoms with Crippen LogP contribution in [-0.4, -0.2) is 24.3 Å². The number of hydrogen-bond acceptors (Lipinski definition) is 5. The lowest BCUT2D eigenvalue weighted by atomic mass is 10.1. The van der Waals surface area contributed by atoms with Crippen molar-refractivity contribution in [1.29, 1.82) is 0 Å². The number of anilines is 1. The van der Waals surface area contributed by atoms with Crippen LogP contribution >= 0.6 is 0 Å². The van der Waals surface area contributed by atoms with E-state index in [1.807, 2.05) is 19.9 Å². The molecule has 0 bridgehead atoms. The highest BCUT2D eigenvalue weighted by Crippen LogP contribution is 2.19. The van der Waals surface area contributed by atoms with Gasteiger partial charge in [0.15, 0.2) is 5.58 Å². The van der Waals surface area contributed by atoms with Gasteiger partial charge in [-0.3, -0.25) is 0 Å². The minimum atomic E-state index is -0.171. The molecule has 104 valence electrons. The van der Waals surface area contributed by atoms with Crippen LogP contribution in [0.4, 0.5) is 5.69 Å². The Bertz CT molecular complexity index is 549. The van der Waals surface area contributed by atoms with E-state index in [-0.39, 0.29) is 5.60 Å². The standard InChI is InChI=1S/C14H20N2O3/c1-14(2,17-3)6-7-18-9-13-16-11-5-4-10(15)8-12(11)19-13/h4-5,8H,6-7,9,15H2,1-3H3. The van der Waals surface area contributed by atoms with Crippen LogP contribution in [0.2, 0.25) is 0 Å². The third-order valence-corrected chi connectivity index (χ3v) is 3.08. The van der Waals surface area contributed by atoms with Crippen LogP contribution < -0.4 is 5.73 Å². The molecule has 0 saturated carbocycles. The lowest BCUT2D eigenvalue weighted by molar-refractivity contribution is -0.0147. The van der Waals surface area contributed by atoms with Gasteiger partial charge >= 0.3 is 0 Å². The number of ether oxygens (including phenoxy) is 2. The number of nitrogen functional groups attached to an aromatic ring is 1. The van der Waals surface area contributed by atoms with Gasteiger partial charge in [0.2, 0.25) is 5.89 Å². The van der Waals surface area contributed by atoms with Crippen molar-refractivity contribution in [2.24, 2.45) is 0 Å². The Morgan fingerprint density at radius 2 is 2.16 bits per heavy atom. The SMILES string of the molecule is COC(C)(C)CCOCc1nc2ccc(N)cc2o1. The Balaban J connectivity index is 1.88. The van der Waals surface area contributed by atoms with E-state index >= 15 is 0 Å². The molecule has 1 aromatic heterocycles. The quantitative estimate of drug-likeness (QED) is 0.641. The molecule has 0 unspecified atom stereocenters. The van der Waals surface area contributed by atoms with Crippen molar-refractivity contribution in [1.82, 2.24) is 4.98 Å². The lowest BCUT2D eigenvalue weighted by Crippen LogP contribution is -2.24. The van der Waals surface area contributed by atoms with Crippen LogP contribution in [0, 0.1) is 0 Å². The fourth-order valence-electron chi connectivity index (χ4n) is 1.63. The molecule has 1 heterocycles. The normalized spacial score (nSPS) is 12.2. The summed E-state index contributed by atoms with van der Waals surface area (Å²) >= 11 is 0. The number of oxazole rings is 1. The first-order chi connectivity index (χ1) is 9.00. The van der Waals surface area contributed by atoms with Crippen molar-refractivity contribution in [2.45, 2.75) is 32.5 Å². The summed E-state index contributed by atoms with van der Waals surface area (Å²) in [6.07, 6.45) is 0.816. The number of aromatic nitrogens is 1. The van der Waals surface area contributed by atoms with Crippen molar-refractivity contribution in [3.63, 3.8) is 0 Å². The number of hydrogen-bond donors (Lipinski definition) is 1. The van der Waals surface area contributed by atoms with E-state index < -0.39 is 0 Å². The average molecular weight is 264 g/mol. The summed E-state index contributed by atoms with van der Waals surface area (Å²) in [5.74, 6) is 0.566. The van der Waals surface area contributed by atoms with Crippen molar-refractivity contribution >= 4 is 16.8 Å². The molecule has 2 rings (SSSR count). The smallest absolute Gasteiger partial charge is 0.221 e. The van der Waals surface area contributed by atoms with Crippen molar-refractivity contribution in [2.75, 3.05) is 19.5 Å². The molecular weight excluding hydrogens is 244 g/mol. The topological polar surface area (TPSA) is 70.5 Å². The van der Waals surface area contributed by atoms with Gasteiger partial charge in [0.05, 0.1) is 5.60 Å². The van der Waals surface area contributed by atoms with Crippen molar-refractivity contribution in [3.8, 4) is 0 Å². The van der Waals surface area contributed by atoms with E-state index in [0.29, 0.717) is 30.4 Å². The summed E-state index contributed by atoms with van der Waals surface area (Å²) in [6, 6.07) is 5.40. The molecule has 0 radical (unpaired) electrons. The van der Waals surface area contributed by atoms with Gasteiger partial charge < -0.3 is 19.6 Å². The summed E-state index contributed by atoms with van der Waals surface area (Å²) in [5.41, 5.74) is 7.67. The summed E-state index contributed by atoms with van der Waals surface area (Å²) in [5, 5.41) is 0. The highest BCUT2D eigenvalue weighted by atomic mass is 16.5. The molecule has 0 aliphatic carbocycles. The number of methoxy groups -OCH3 is 1. The minimum Gasteiger partial charge on any atom is -0.438 e. The largest absolute Gasteiger partial charge is 0.438 e. The molecule has 19 heavy (non-hydrogen) atoms. The molecule has 0 fully saturated rings. The van der Waals surface area contributed by atoms with Gasteiger partial charge in [-0.1, -0.05) is 0 Å². The molecule has 5 nitrogen and oxygen atoms in total. The minimum absolute atomic E-state index is 0.171. The van der Waals surface area contributed by atoms with Crippen LogP contribution in [0.1, 0.15) is 26.2 Å². The Morgan fingerprint density at radius 3 is 2.89 bits per heavy atom. The number of fused-ring (bicyclic) bond motifs is 1. The van der Waals surface area contributed by atoms with Gasteiger partial charge in [-0.15, -0.1) is 0 Å². The number of nitrogens with zero attached hydrogens (tertiary/aromatic N) is 1. The highest BCUT2D eigenvalue weighted by molar-refractivity contribution is 5.76. The molecule has 0 aliphatic heterocycles. The maximum atomic E-state index is 5.69. The van der Waals surface area contributed by atoms with Crippen LogP contribution in [0.5, 0.6) is 0 Å². The van der Waals surface area contributed by atoms with Gasteiger partial charge in [0, 0.05) is 25.5 Å². The Hall–Kier alpha value is -1.59. The first-order valence-corrected chi connectivity index (χ1v) is 6.28. The Morgan fingerprint density at radius 1 is 1.37 bits per heavy atom. The van der Waals surface area contributed by atoms with Gasteiger partial charge in [-0.05, 0) is 32.4 Å². The summed E-state index contributed by atoms with van der Waals surface area (Å²) in [6.45, 7) is 5.01. The molecule has 0 amide bonds. The third kappa shape index (κ3) is 3.68. The van der Waals surface area contributed by atoms with E-state index in [1.165, 1.54) is 0 Å². The van der Waals surface area contributed by atoms with Gasteiger partial charge in [0.25, 0.3) is 0 Å². The molecule has 2 aromatic rings. The molecular formula is C14H20N2O3. The van der Waals surface area contributed by atoms with Gasteiger partial charge in [0.1, 0.15) is 12.1 Å². The predicted octanol–water partition coefficient (Wildman–Crippen LogP) is 2.74. The molecule has 2 N–H and O–H groups in total. The highest BCUT2D eigenvalue weighted by Gasteiger charge is 2.16. The fourth-order valence-corrected chi connectivity index (χ4v) is 1.63. The van der Waals surface area contributed by atoms with E-state index in [2.05, 4.69) is 4.98 Å². The van der Waals surface area contributed by atoms with E-state index in [0.717, 1.165) is 11.9 Å². The fraction of sp³-hybridized carbons (Fsp3) is 0.500. The van der Waals surface area contributed by atoms with Gasteiger partial charge in [-0.2, -0.15) is 0 Å². The second-order valence-corrected chi connectivity index (χ2v) is 5.10. The molecule has 0 saturated heterocycles. The van der Waals surface area contributed by atoms with Crippen LogP contribution in [0.15, 0.2) is 22.6 Å². The summed E-state index contributed by atoms with van der Waals surface area (Å²) in [4.78, 5) is 4.33. The Kier molecular flexibility index (Phi) is 4.07. The van der Waals surface area contributed by atoms with Gasteiger partial charge in [-0.25, -0.2) is 4.98 Å². The number of rotatable bonds is 6.